The van der Waals surface area contributed by atoms with Crippen molar-refractivity contribution in [2.45, 2.75) is 12.5 Å². The first kappa shape index (κ1) is 19.2. The summed E-state index contributed by atoms with van der Waals surface area (Å²) in [6.45, 7) is -0.151. The number of aromatic nitrogens is 4. The summed E-state index contributed by atoms with van der Waals surface area (Å²) in [6, 6.07) is 1.33. The van der Waals surface area contributed by atoms with E-state index in [4.69, 9.17) is 5.11 Å². The number of aliphatic hydroxyl groups excluding tert-OH is 2. The highest BCUT2D eigenvalue weighted by Crippen LogP contribution is 2.33. The summed E-state index contributed by atoms with van der Waals surface area (Å²) in [7, 11) is 1.35. The molecule has 7 nitrogen and oxygen atoms in total. The van der Waals surface area contributed by atoms with E-state index in [0.717, 1.165) is 12.4 Å². The molecule has 26 heavy (non-hydrogen) atoms. The van der Waals surface area contributed by atoms with E-state index in [0.29, 0.717) is 16.6 Å². The van der Waals surface area contributed by atoms with Crippen LogP contribution in [0.4, 0.5) is 14.6 Å². The van der Waals surface area contributed by atoms with Crippen LogP contribution in [0.15, 0.2) is 24.7 Å². The van der Waals surface area contributed by atoms with Gasteiger partial charge in [-0.2, -0.15) is 0 Å². The maximum Gasteiger partial charge on any atom is 0.183 e. The van der Waals surface area contributed by atoms with Gasteiger partial charge in [-0.25, -0.2) is 23.7 Å². The predicted molar refractivity (Wildman–Crippen MR) is 104 cm³/mol. The third kappa shape index (κ3) is 4.05. The molecular weight excluding hydrogens is 479 g/mol. The summed E-state index contributed by atoms with van der Waals surface area (Å²) in [5, 5.41) is 21.4. The van der Waals surface area contributed by atoms with Gasteiger partial charge in [0.05, 0.1) is 25.1 Å². The topological polar surface area (TPSA) is 96.1 Å². The molecule has 11 heteroatoms. The van der Waals surface area contributed by atoms with E-state index in [1.54, 1.807) is 10.2 Å². The SMILES string of the molecule is OCC(O)CCNc1nc(-c2cn(SI)c3ncc(F)cc23)ncc1F. The minimum absolute atomic E-state index is 0.0347. The van der Waals surface area contributed by atoms with Gasteiger partial charge in [0, 0.05) is 54.0 Å². The van der Waals surface area contributed by atoms with Crippen LogP contribution in [0.5, 0.6) is 0 Å². The van der Waals surface area contributed by atoms with Gasteiger partial charge in [0.25, 0.3) is 0 Å². The zero-order chi connectivity index (χ0) is 18.7. The standard InChI is InChI=1S/C15H14F2IN5O2S/c16-8-3-10-11(6-23(26-18)15(10)21-4-8)13-20-5-12(17)14(22-13)19-2-1-9(25)7-24/h3-6,9,24-25H,1-2,7H2,(H,19,20,22). The predicted octanol–water partition coefficient (Wildman–Crippen LogP) is 2.77. The van der Waals surface area contributed by atoms with Crippen LogP contribution in [0.25, 0.3) is 22.4 Å². The number of pyridine rings is 1. The quantitative estimate of drug-likeness (QED) is 0.436. The van der Waals surface area contributed by atoms with Gasteiger partial charge >= 0.3 is 0 Å². The molecule has 0 fully saturated rings. The minimum Gasteiger partial charge on any atom is -0.394 e. The number of hydrogen-bond donors (Lipinski definition) is 3. The van der Waals surface area contributed by atoms with Gasteiger partial charge < -0.3 is 15.5 Å². The largest absolute Gasteiger partial charge is 0.394 e. The van der Waals surface area contributed by atoms with Crippen LogP contribution in [-0.2, 0) is 0 Å². The van der Waals surface area contributed by atoms with Gasteiger partial charge in [0.2, 0.25) is 0 Å². The minimum atomic E-state index is -0.889. The number of anilines is 1. The molecule has 1 unspecified atom stereocenters. The Morgan fingerprint density at radius 1 is 1.31 bits per heavy atom. The molecule has 0 radical (unpaired) electrons. The molecule has 3 rings (SSSR count). The van der Waals surface area contributed by atoms with E-state index in [-0.39, 0.29) is 31.2 Å². The van der Waals surface area contributed by atoms with Crippen LogP contribution in [0.1, 0.15) is 6.42 Å². The zero-order valence-corrected chi connectivity index (χ0v) is 16.2. The monoisotopic (exact) mass is 493 g/mol. The van der Waals surface area contributed by atoms with E-state index in [1.807, 2.05) is 0 Å². The van der Waals surface area contributed by atoms with Gasteiger partial charge in [-0.05, 0) is 12.5 Å². The van der Waals surface area contributed by atoms with E-state index in [9.17, 15) is 13.9 Å². The molecule has 0 aliphatic heterocycles. The highest BCUT2D eigenvalue weighted by Gasteiger charge is 2.17. The Labute approximate surface area is 163 Å². The lowest BCUT2D eigenvalue weighted by molar-refractivity contribution is 0.0910. The third-order valence-electron chi connectivity index (χ3n) is 3.62. The summed E-state index contributed by atoms with van der Waals surface area (Å²) in [4.78, 5) is 12.3. The lowest BCUT2D eigenvalue weighted by Gasteiger charge is -2.10. The second-order valence-electron chi connectivity index (χ2n) is 5.40. The number of hydrogen-bond acceptors (Lipinski definition) is 7. The zero-order valence-electron chi connectivity index (χ0n) is 13.2. The van der Waals surface area contributed by atoms with Crippen molar-refractivity contribution in [2.24, 2.45) is 0 Å². The molecule has 0 bridgehead atoms. The molecule has 0 saturated heterocycles. The highest BCUT2D eigenvalue weighted by atomic mass is 127. The number of nitrogens with zero attached hydrogens (tertiary/aromatic N) is 4. The molecule has 0 saturated carbocycles. The van der Waals surface area contributed by atoms with Gasteiger partial charge in [0.1, 0.15) is 5.82 Å². The maximum atomic E-state index is 14.0. The van der Waals surface area contributed by atoms with Crippen LogP contribution < -0.4 is 5.32 Å². The van der Waals surface area contributed by atoms with Crippen molar-refractivity contribution in [3.05, 3.63) is 36.3 Å². The molecule has 3 heterocycles. The van der Waals surface area contributed by atoms with Gasteiger partial charge in [-0.15, -0.1) is 0 Å². The van der Waals surface area contributed by atoms with Crippen molar-refractivity contribution in [1.29, 1.82) is 0 Å². The van der Waals surface area contributed by atoms with Crippen LogP contribution in [-0.4, -0.2) is 48.4 Å². The summed E-state index contributed by atoms with van der Waals surface area (Å²) in [6.07, 6.45) is 3.20. The smallest absolute Gasteiger partial charge is 0.183 e. The van der Waals surface area contributed by atoms with E-state index in [1.165, 1.54) is 15.2 Å². The fraction of sp³-hybridized carbons (Fsp3) is 0.267. The second-order valence-corrected chi connectivity index (χ2v) is 7.12. The number of halogens is 3. The van der Waals surface area contributed by atoms with E-state index >= 15 is 0 Å². The first-order chi connectivity index (χ1) is 12.5. The highest BCUT2D eigenvalue weighted by molar-refractivity contribution is 14.2. The van der Waals surface area contributed by atoms with Crippen molar-refractivity contribution in [1.82, 2.24) is 18.9 Å². The molecule has 0 spiro atoms. The van der Waals surface area contributed by atoms with Crippen molar-refractivity contribution in [2.75, 3.05) is 18.5 Å². The van der Waals surface area contributed by atoms with Crippen LogP contribution in [0.2, 0.25) is 0 Å². The average Bonchev–Trinajstić information content (AvgIpc) is 3.00. The first-order valence-electron chi connectivity index (χ1n) is 7.55. The van der Waals surface area contributed by atoms with E-state index in [2.05, 4.69) is 41.5 Å². The summed E-state index contributed by atoms with van der Waals surface area (Å²) >= 11 is 2.07. The van der Waals surface area contributed by atoms with Crippen molar-refractivity contribution >= 4 is 47.2 Å². The Hall–Kier alpha value is -1.57. The van der Waals surface area contributed by atoms with Crippen LogP contribution in [0.3, 0.4) is 0 Å². The molecule has 0 aliphatic rings. The molecule has 3 N–H and O–H groups in total. The molecule has 0 aliphatic carbocycles. The Morgan fingerprint density at radius 3 is 2.85 bits per heavy atom. The number of fused-ring (bicyclic) bond motifs is 1. The lowest BCUT2D eigenvalue weighted by Crippen LogP contribution is -2.18. The Kier molecular flexibility index (Phi) is 6.21. The molecule has 3 aromatic rings. The lowest BCUT2D eigenvalue weighted by atomic mass is 10.2. The second kappa shape index (κ2) is 8.41. The average molecular weight is 493 g/mol. The molecule has 3 aromatic heterocycles. The maximum absolute atomic E-state index is 14.0. The van der Waals surface area contributed by atoms with Gasteiger partial charge in [-0.3, -0.25) is 3.97 Å². The summed E-state index contributed by atoms with van der Waals surface area (Å²) in [5.74, 6) is -0.956. The Morgan fingerprint density at radius 2 is 2.12 bits per heavy atom. The Bertz CT molecular complexity index is 926. The number of rotatable bonds is 7. The van der Waals surface area contributed by atoms with Crippen LogP contribution in [0, 0.1) is 11.6 Å². The fourth-order valence-electron chi connectivity index (χ4n) is 2.35. The van der Waals surface area contributed by atoms with E-state index < -0.39 is 17.7 Å². The third-order valence-corrected chi connectivity index (χ3v) is 5.32. The summed E-state index contributed by atoms with van der Waals surface area (Å²) < 4.78 is 29.3. The Balaban J connectivity index is 1.96. The molecule has 0 aromatic carbocycles. The molecule has 138 valence electrons. The van der Waals surface area contributed by atoms with Crippen molar-refractivity contribution in [3.63, 3.8) is 0 Å². The summed E-state index contributed by atoms with van der Waals surface area (Å²) in [5.41, 5.74) is 1.07. The first-order valence-corrected chi connectivity index (χ1v) is 10.9. The van der Waals surface area contributed by atoms with Crippen LogP contribution >= 0.6 is 30.3 Å². The normalized spacial score (nSPS) is 12.5. The molecule has 0 amide bonds. The van der Waals surface area contributed by atoms with Gasteiger partial charge in [-0.1, -0.05) is 0 Å². The number of aliphatic hydroxyl groups is 2. The molecule has 1 atom stereocenters. The fourth-order valence-corrected chi connectivity index (χ4v) is 3.61. The van der Waals surface area contributed by atoms with Gasteiger partial charge in [0.15, 0.2) is 23.1 Å². The van der Waals surface area contributed by atoms with Crippen molar-refractivity contribution < 1.29 is 19.0 Å². The molecular formula is C15H14F2IN5O2S. The number of nitrogens with one attached hydrogen (secondary N) is 1. The van der Waals surface area contributed by atoms with Crippen molar-refractivity contribution in [3.8, 4) is 11.4 Å².